The SMILES string of the molecule is Cc1cc2c(cc1-c1ccc(Nc3ccc4c(c3)C(C)(C)c3ccccc3-4)cc1)C(C)(C)CCC2(C)C. The normalized spacial score (nSPS) is 18.0. The Balaban J connectivity index is 1.30. The Hall–Kier alpha value is -3.32. The minimum absolute atomic E-state index is 0.0137. The Kier molecular flexibility index (Phi) is 5.26. The van der Waals surface area contributed by atoms with E-state index in [9.17, 15) is 0 Å². The first-order valence-electron chi connectivity index (χ1n) is 13.7. The summed E-state index contributed by atoms with van der Waals surface area (Å²) in [6.07, 6.45) is 2.49. The number of nitrogens with one attached hydrogen (secondary N) is 1. The fourth-order valence-corrected chi connectivity index (χ4v) is 6.71. The fraction of sp³-hybridized carbons (Fsp3) is 0.333. The molecule has 0 saturated carbocycles. The van der Waals surface area contributed by atoms with Crippen LogP contribution in [0.1, 0.15) is 82.2 Å². The van der Waals surface area contributed by atoms with Gasteiger partial charge in [0.2, 0.25) is 0 Å². The van der Waals surface area contributed by atoms with Gasteiger partial charge < -0.3 is 5.32 Å². The summed E-state index contributed by atoms with van der Waals surface area (Å²) in [6.45, 7) is 16.6. The third kappa shape index (κ3) is 3.82. The molecule has 0 bridgehead atoms. The molecule has 0 radical (unpaired) electrons. The highest BCUT2D eigenvalue weighted by atomic mass is 14.9. The molecule has 4 aromatic carbocycles. The minimum Gasteiger partial charge on any atom is -0.356 e. The van der Waals surface area contributed by atoms with Crippen LogP contribution in [0.5, 0.6) is 0 Å². The number of benzene rings is 4. The van der Waals surface area contributed by atoms with E-state index in [0.29, 0.717) is 0 Å². The lowest BCUT2D eigenvalue weighted by molar-refractivity contribution is 0.332. The molecule has 37 heavy (non-hydrogen) atoms. The maximum atomic E-state index is 3.67. The first-order valence-corrected chi connectivity index (χ1v) is 13.7. The molecule has 6 rings (SSSR count). The van der Waals surface area contributed by atoms with Crippen molar-refractivity contribution in [3.8, 4) is 22.3 Å². The molecule has 1 heteroatoms. The predicted molar refractivity (Wildman–Crippen MR) is 159 cm³/mol. The molecule has 0 aliphatic heterocycles. The highest BCUT2D eigenvalue weighted by Gasteiger charge is 2.38. The van der Waals surface area contributed by atoms with Crippen LogP contribution in [0.3, 0.4) is 0 Å². The van der Waals surface area contributed by atoms with Crippen LogP contribution < -0.4 is 5.32 Å². The van der Waals surface area contributed by atoms with Crippen molar-refractivity contribution in [2.45, 2.75) is 77.6 Å². The smallest absolute Gasteiger partial charge is 0.0387 e. The van der Waals surface area contributed by atoms with Crippen LogP contribution in [-0.4, -0.2) is 0 Å². The van der Waals surface area contributed by atoms with Crippen molar-refractivity contribution in [2.75, 3.05) is 5.32 Å². The molecule has 2 aliphatic rings. The summed E-state index contributed by atoms with van der Waals surface area (Å²) >= 11 is 0. The molecule has 0 aromatic heterocycles. The number of hydrogen-bond acceptors (Lipinski definition) is 1. The van der Waals surface area contributed by atoms with Gasteiger partial charge in [-0.1, -0.05) is 96.1 Å². The van der Waals surface area contributed by atoms with Gasteiger partial charge in [-0.05, 0) is 105 Å². The zero-order chi connectivity index (χ0) is 26.2. The Morgan fingerprint density at radius 1 is 0.541 bits per heavy atom. The maximum absolute atomic E-state index is 3.67. The van der Waals surface area contributed by atoms with Crippen molar-refractivity contribution in [3.05, 3.63) is 107 Å². The van der Waals surface area contributed by atoms with E-state index in [1.165, 1.54) is 62.9 Å². The first kappa shape index (κ1) is 24.0. The number of hydrogen-bond donors (Lipinski definition) is 1. The molecule has 188 valence electrons. The fourth-order valence-electron chi connectivity index (χ4n) is 6.71. The average molecular weight is 486 g/mol. The van der Waals surface area contributed by atoms with Gasteiger partial charge in [0.15, 0.2) is 0 Å². The van der Waals surface area contributed by atoms with E-state index in [4.69, 9.17) is 0 Å². The summed E-state index contributed by atoms with van der Waals surface area (Å²) in [5.41, 5.74) is 15.3. The highest BCUT2D eigenvalue weighted by Crippen LogP contribution is 2.50. The van der Waals surface area contributed by atoms with Gasteiger partial charge in [0.1, 0.15) is 0 Å². The van der Waals surface area contributed by atoms with E-state index in [0.717, 1.165) is 11.4 Å². The Bertz CT molecular complexity index is 1520. The summed E-state index contributed by atoms with van der Waals surface area (Å²) < 4.78 is 0. The van der Waals surface area contributed by atoms with Gasteiger partial charge in [-0.2, -0.15) is 0 Å². The molecule has 2 aliphatic carbocycles. The highest BCUT2D eigenvalue weighted by molar-refractivity contribution is 5.83. The number of aryl methyl sites for hydroxylation is 1. The van der Waals surface area contributed by atoms with E-state index >= 15 is 0 Å². The molecule has 1 nitrogen and oxygen atoms in total. The van der Waals surface area contributed by atoms with Crippen LogP contribution in [0, 0.1) is 6.92 Å². The lowest BCUT2D eigenvalue weighted by atomic mass is 9.62. The largest absolute Gasteiger partial charge is 0.356 e. The van der Waals surface area contributed by atoms with Gasteiger partial charge in [0.25, 0.3) is 0 Å². The molecule has 0 spiro atoms. The number of fused-ring (bicyclic) bond motifs is 4. The van der Waals surface area contributed by atoms with Crippen molar-refractivity contribution in [1.29, 1.82) is 0 Å². The van der Waals surface area contributed by atoms with Crippen LogP contribution in [0.25, 0.3) is 22.3 Å². The monoisotopic (exact) mass is 485 g/mol. The zero-order valence-electron chi connectivity index (χ0n) is 23.4. The molecular weight excluding hydrogens is 446 g/mol. The topological polar surface area (TPSA) is 12.0 Å². The Labute approximate surface area is 223 Å². The van der Waals surface area contributed by atoms with Gasteiger partial charge in [-0.15, -0.1) is 0 Å². The molecule has 0 fully saturated rings. The zero-order valence-corrected chi connectivity index (χ0v) is 23.4. The van der Waals surface area contributed by atoms with Crippen LogP contribution in [-0.2, 0) is 16.2 Å². The number of rotatable bonds is 3. The molecule has 4 aromatic rings. The van der Waals surface area contributed by atoms with E-state index in [-0.39, 0.29) is 16.2 Å². The van der Waals surface area contributed by atoms with Crippen LogP contribution >= 0.6 is 0 Å². The van der Waals surface area contributed by atoms with Gasteiger partial charge in [0, 0.05) is 16.8 Å². The van der Waals surface area contributed by atoms with Crippen LogP contribution in [0.2, 0.25) is 0 Å². The third-order valence-electron chi connectivity index (χ3n) is 9.27. The molecule has 0 unspecified atom stereocenters. The van der Waals surface area contributed by atoms with Crippen molar-refractivity contribution < 1.29 is 0 Å². The maximum Gasteiger partial charge on any atom is 0.0387 e. The van der Waals surface area contributed by atoms with Crippen molar-refractivity contribution in [3.63, 3.8) is 0 Å². The second kappa shape index (κ2) is 8.09. The quantitative estimate of drug-likeness (QED) is 0.304. The predicted octanol–water partition coefficient (Wildman–Crippen LogP) is 10.1. The average Bonchev–Trinajstić information content (AvgIpc) is 3.09. The molecule has 0 heterocycles. The van der Waals surface area contributed by atoms with Gasteiger partial charge in [-0.3, -0.25) is 0 Å². The van der Waals surface area contributed by atoms with E-state index in [2.05, 4.69) is 133 Å². The van der Waals surface area contributed by atoms with Gasteiger partial charge in [-0.25, -0.2) is 0 Å². The van der Waals surface area contributed by atoms with Crippen molar-refractivity contribution in [1.82, 2.24) is 0 Å². The molecule has 0 saturated heterocycles. The third-order valence-corrected chi connectivity index (χ3v) is 9.27. The van der Waals surface area contributed by atoms with Crippen molar-refractivity contribution in [2.24, 2.45) is 0 Å². The van der Waals surface area contributed by atoms with E-state index < -0.39 is 0 Å². The first-order chi connectivity index (χ1) is 17.5. The summed E-state index contributed by atoms with van der Waals surface area (Å²) in [5, 5.41) is 3.67. The summed E-state index contributed by atoms with van der Waals surface area (Å²) in [5.74, 6) is 0. The lowest BCUT2D eigenvalue weighted by Crippen LogP contribution is -2.34. The second-order valence-corrected chi connectivity index (χ2v) is 13.1. The van der Waals surface area contributed by atoms with Crippen LogP contribution in [0.4, 0.5) is 11.4 Å². The van der Waals surface area contributed by atoms with Crippen LogP contribution in [0.15, 0.2) is 78.9 Å². The molecule has 0 atom stereocenters. The number of anilines is 2. The van der Waals surface area contributed by atoms with Gasteiger partial charge >= 0.3 is 0 Å². The standard InChI is InChI=1S/C36H39N/c1-23-20-32-33(35(4,5)19-18-34(32,2)3)22-29(23)24-12-14-25(15-13-24)37-26-16-17-28-27-10-8-9-11-30(27)36(6,7)31(28)21-26/h8-17,20-22,37H,18-19H2,1-7H3. The van der Waals surface area contributed by atoms with Gasteiger partial charge in [0.05, 0.1) is 0 Å². The second-order valence-electron chi connectivity index (χ2n) is 13.1. The summed E-state index contributed by atoms with van der Waals surface area (Å²) in [7, 11) is 0. The lowest BCUT2D eigenvalue weighted by Gasteiger charge is -2.42. The van der Waals surface area contributed by atoms with Crippen molar-refractivity contribution >= 4 is 11.4 Å². The summed E-state index contributed by atoms with van der Waals surface area (Å²) in [4.78, 5) is 0. The molecule has 0 amide bonds. The Morgan fingerprint density at radius 2 is 1.14 bits per heavy atom. The summed E-state index contributed by atoms with van der Waals surface area (Å²) in [6, 6.07) is 29.6. The van der Waals surface area contributed by atoms with E-state index in [1.54, 1.807) is 0 Å². The van der Waals surface area contributed by atoms with E-state index in [1.807, 2.05) is 0 Å². The molecule has 1 N–H and O–H groups in total. The minimum atomic E-state index is 0.0137. The molecular formula is C36H39N. The Morgan fingerprint density at radius 3 is 1.84 bits per heavy atom.